The molecule has 0 aliphatic carbocycles. The van der Waals surface area contributed by atoms with Gasteiger partial charge in [-0.2, -0.15) is 13.2 Å². The van der Waals surface area contributed by atoms with Crippen molar-refractivity contribution in [1.82, 2.24) is 9.88 Å². The maximum atomic E-state index is 13.2. The summed E-state index contributed by atoms with van der Waals surface area (Å²) < 4.78 is 45.2. The Morgan fingerprint density at radius 2 is 1.81 bits per heavy atom. The number of likely N-dealkylation sites (tertiary alicyclic amines) is 1. The Kier molecular flexibility index (Phi) is 6.83. The molecule has 1 atom stereocenters. The van der Waals surface area contributed by atoms with Gasteiger partial charge in [0, 0.05) is 24.5 Å². The van der Waals surface area contributed by atoms with Gasteiger partial charge in [0.15, 0.2) is 0 Å². The number of hydrogen-bond acceptors (Lipinski definition) is 5. The van der Waals surface area contributed by atoms with E-state index in [1.54, 1.807) is 37.3 Å². The molecule has 0 spiro atoms. The highest BCUT2D eigenvalue weighted by Crippen LogP contribution is 2.41. The lowest BCUT2D eigenvalue weighted by Gasteiger charge is -2.25. The monoisotopic (exact) mass is 496 g/mol. The lowest BCUT2D eigenvalue weighted by Crippen LogP contribution is -2.29. The third kappa shape index (κ3) is 4.82. The number of halogens is 3. The zero-order chi connectivity index (χ0) is 26.0. The molecule has 36 heavy (non-hydrogen) atoms. The minimum absolute atomic E-state index is 0.151. The van der Waals surface area contributed by atoms with Crippen LogP contribution in [0, 0.1) is 6.92 Å². The third-order valence-corrected chi connectivity index (χ3v) is 5.92. The molecule has 1 unspecified atom stereocenters. The fraction of sp³-hybridized carbons (Fsp3) is 0.222. The van der Waals surface area contributed by atoms with Crippen molar-refractivity contribution in [1.29, 1.82) is 0 Å². The molecule has 0 radical (unpaired) electrons. The van der Waals surface area contributed by atoms with Crippen LogP contribution in [0.1, 0.15) is 40.8 Å². The highest BCUT2D eigenvalue weighted by molar-refractivity contribution is 6.46. The van der Waals surface area contributed by atoms with Crippen LogP contribution >= 0.6 is 0 Å². The second-order valence-electron chi connectivity index (χ2n) is 8.32. The van der Waals surface area contributed by atoms with Gasteiger partial charge in [0.2, 0.25) is 0 Å². The van der Waals surface area contributed by atoms with Gasteiger partial charge in [0.25, 0.3) is 11.7 Å². The Labute approximate surface area is 205 Å². The van der Waals surface area contributed by atoms with Crippen LogP contribution in [0.15, 0.2) is 72.6 Å². The van der Waals surface area contributed by atoms with Gasteiger partial charge in [0.05, 0.1) is 23.8 Å². The topological polar surface area (TPSA) is 79.7 Å². The lowest BCUT2D eigenvalue weighted by molar-refractivity contribution is -0.140. The number of aliphatic hydroxyl groups excluding tert-OH is 1. The fourth-order valence-corrected chi connectivity index (χ4v) is 4.25. The average Bonchev–Trinajstić information content (AvgIpc) is 3.10. The van der Waals surface area contributed by atoms with E-state index in [-0.39, 0.29) is 23.4 Å². The molecule has 1 aliphatic rings. The number of Topliss-reactive ketones (excluding diaryl/α,β-unsaturated/α-hetero) is 1. The van der Waals surface area contributed by atoms with Gasteiger partial charge >= 0.3 is 6.18 Å². The second kappa shape index (κ2) is 9.85. The Hall–Kier alpha value is -4.14. The molecule has 0 bridgehead atoms. The number of amides is 1. The van der Waals surface area contributed by atoms with Gasteiger partial charge in [-0.3, -0.25) is 14.6 Å². The van der Waals surface area contributed by atoms with E-state index >= 15 is 0 Å². The van der Waals surface area contributed by atoms with Gasteiger partial charge in [-0.25, -0.2) is 0 Å². The van der Waals surface area contributed by atoms with Crippen molar-refractivity contribution in [3.8, 4) is 5.75 Å². The molecule has 9 heteroatoms. The molecule has 6 nitrogen and oxygen atoms in total. The molecule has 1 amide bonds. The van der Waals surface area contributed by atoms with E-state index in [4.69, 9.17) is 4.74 Å². The Morgan fingerprint density at radius 1 is 1.08 bits per heavy atom. The first kappa shape index (κ1) is 25.0. The van der Waals surface area contributed by atoms with Crippen LogP contribution in [0.3, 0.4) is 0 Å². The summed E-state index contributed by atoms with van der Waals surface area (Å²) in [7, 11) is 0. The molecular weight excluding hydrogens is 473 g/mol. The molecule has 1 fully saturated rings. The highest BCUT2D eigenvalue weighted by Gasteiger charge is 2.46. The fourth-order valence-electron chi connectivity index (χ4n) is 4.25. The van der Waals surface area contributed by atoms with E-state index in [2.05, 4.69) is 4.98 Å². The number of rotatable bonds is 6. The number of aliphatic hydroxyl groups is 1. The van der Waals surface area contributed by atoms with Crippen LogP contribution < -0.4 is 4.74 Å². The highest BCUT2D eigenvalue weighted by atomic mass is 19.4. The number of alkyl halides is 3. The van der Waals surface area contributed by atoms with Gasteiger partial charge in [-0.05, 0) is 73.0 Å². The van der Waals surface area contributed by atoms with Crippen LogP contribution in [0.2, 0.25) is 0 Å². The van der Waals surface area contributed by atoms with Crippen molar-refractivity contribution < 1.29 is 32.6 Å². The molecule has 1 aliphatic heterocycles. The standard InChI is InChI=1S/C27H23F3N2O4/c1-3-36-21-8-7-19(13-16(21)2)24(33)22-23(18-9-11-31-12-10-18)32(26(35)25(22)34)15-17-5-4-6-20(14-17)27(28,29)30/h4-14,23,33H,3,15H2,1-2H3/b24-22+. The SMILES string of the molecule is CCOc1ccc(/C(O)=C2\C(=O)C(=O)N(Cc3cccc(C(F)(F)F)c3)C2c2ccncc2)cc1C. The van der Waals surface area contributed by atoms with E-state index in [0.717, 1.165) is 17.7 Å². The zero-order valence-corrected chi connectivity index (χ0v) is 19.5. The Balaban J connectivity index is 1.81. The first-order valence-corrected chi connectivity index (χ1v) is 11.2. The van der Waals surface area contributed by atoms with Gasteiger partial charge in [-0.1, -0.05) is 12.1 Å². The van der Waals surface area contributed by atoms with Crippen molar-refractivity contribution >= 4 is 17.4 Å². The van der Waals surface area contributed by atoms with E-state index in [9.17, 15) is 27.9 Å². The van der Waals surface area contributed by atoms with Crippen LogP contribution in [0.5, 0.6) is 5.75 Å². The summed E-state index contributed by atoms with van der Waals surface area (Å²) in [5.41, 5.74) is 0.707. The maximum Gasteiger partial charge on any atom is 0.416 e. The first-order valence-electron chi connectivity index (χ1n) is 11.2. The van der Waals surface area contributed by atoms with Crippen molar-refractivity contribution in [2.45, 2.75) is 32.6 Å². The van der Waals surface area contributed by atoms with Crippen molar-refractivity contribution in [2.24, 2.45) is 0 Å². The molecule has 0 saturated carbocycles. The quantitative estimate of drug-likeness (QED) is 0.280. The number of carbonyl (C=O) groups is 2. The predicted molar refractivity (Wildman–Crippen MR) is 126 cm³/mol. The molecule has 1 N–H and O–H groups in total. The number of aryl methyl sites for hydroxylation is 1. The first-order chi connectivity index (χ1) is 17.1. The minimum Gasteiger partial charge on any atom is -0.507 e. The van der Waals surface area contributed by atoms with E-state index in [1.807, 2.05) is 6.92 Å². The number of benzene rings is 2. The van der Waals surface area contributed by atoms with Crippen LogP contribution in [-0.2, 0) is 22.3 Å². The number of ketones is 1. The summed E-state index contributed by atoms with van der Waals surface area (Å²) in [6.07, 6.45) is -1.61. The molecule has 4 rings (SSSR count). The Morgan fingerprint density at radius 3 is 2.44 bits per heavy atom. The normalized spacial score (nSPS) is 17.5. The summed E-state index contributed by atoms with van der Waals surface area (Å²) in [5.74, 6) is -1.61. The second-order valence-corrected chi connectivity index (χ2v) is 8.32. The smallest absolute Gasteiger partial charge is 0.416 e. The number of pyridine rings is 1. The summed E-state index contributed by atoms with van der Waals surface area (Å²) in [5, 5.41) is 11.2. The lowest BCUT2D eigenvalue weighted by atomic mass is 9.95. The van der Waals surface area contributed by atoms with Crippen LogP contribution in [0.4, 0.5) is 13.2 Å². The van der Waals surface area contributed by atoms with Crippen LogP contribution in [0.25, 0.3) is 5.76 Å². The number of carbonyl (C=O) groups excluding carboxylic acids is 2. The number of nitrogens with zero attached hydrogens (tertiary/aromatic N) is 2. The summed E-state index contributed by atoms with van der Waals surface area (Å²) in [6.45, 7) is 3.82. The molecule has 3 aromatic rings. The largest absolute Gasteiger partial charge is 0.507 e. The third-order valence-electron chi connectivity index (χ3n) is 5.92. The Bertz CT molecular complexity index is 1340. The maximum absolute atomic E-state index is 13.2. The molecule has 2 heterocycles. The van der Waals surface area contributed by atoms with Gasteiger partial charge < -0.3 is 14.7 Å². The summed E-state index contributed by atoms with van der Waals surface area (Å²) in [6, 6.07) is 11.6. The number of hydrogen-bond donors (Lipinski definition) is 1. The molecule has 1 aromatic heterocycles. The van der Waals surface area contributed by atoms with Crippen molar-refractivity contribution in [2.75, 3.05) is 6.61 Å². The predicted octanol–water partition coefficient (Wildman–Crippen LogP) is 5.43. The molecule has 1 saturated heterocycles. The molecule has 2 aromatic carbocycles. The molecule has 186 valence electrons. The zero-order valence-electron chi connectivity index (χ0n) is 19.5. The number of ether oxygens (including phenoxy) is 1. The van der Waals surface area contributed by atoms with Crippen LogP contribution in [-0.4, -0.2) is 33.3 Å². The van der Waals surface area contributed by atoms with Gasteiger partial charge in [0.1, 0.15) is 11.5 Å². The van der Waals surface area contributed by atoms with E-state index in [0.29, 0.717) is 23.5 Å². The summed E-state index contributed by atoms with van der Waals surface area (Å²) in [4.78, 5) is 31.4. The van der Waals surface area contributed by atoms with Gasteiger partial charge in [-0.15, -0.1) is 0 Å². The van der Waals surface area contributed by atoms with E-state index < -0.39 is 29.5 Å². The molecular formula is C27H23F3N2O4. The number of aromatic nitrogens is 1. The van der Waals surface area contributed by atoms with Crippen molar-refractivity contribution in [3.05, 3.63) is 100 Å². The van der Waals surface area contributed by atoms with Crippen molar-refractivity contribution in [3.63, 3.8) is 0 Å². The van der Waals surface area contributed by atoms with E-state index in [1.165, 1.54) is 29.4 Å². The summed E-state index contributed by atoms with van der Waals surface area (Å²) >= 11 is 0. The minimum atomic E-state index is -4.56. The average molecular weight is 496 g/mol.